The van der Waals surface area contributed by atoms with E-state index in [0.717, 1.165) is 105 Å². The molecule has 12 aromatic carbocycles. The molecule has 0 saturated carbocycles. The summed E-state index contributed by atoms with van der Waals surface area (Å²) in [5.41, 5.74) is 6.34. The first-order chi connectivity index (χ1) is 31.8. The molecule has 0 saturated heterocycles. The van der Waals surface area contributed by atoms with E-state index in [-0.39, 0.29) is 0 Å². The molecule has 0 aromatic heterocycles. The summed E-state index contributed by atoms with van der Waals surface area (Å²) in [4.78, 5) is 5.08. The highest BCUT2D eigenvalue weighted by Gasteiger charge is 2.40. The molecule has 12 aromatic rings. The number of rotatable bonds is 6. The van der Waals surface area contributed by atoms with Gasteiger partial charge in [-0.15, -0.1) is 0 Å². The standard InChI is InChI=1S/C61H42N3/c1-7-31-49-43(19-1)25-13-37-55(49)62(56-38-14-26-44-20-2-8-32-50(44)56)61(63(57-39-15-27-45-21-3-9-33-51(45)57)58-40-16-28-46-22-4-10-34-52(46)58)64(59-41-17-29-47-23-5-11-35-53(47)59)60-42-18-30-48-24-6-12-36-54(48)60/h1-42H/q+1. The fraction of sp³-hybridized carbons (Fsp3) is 0. The summed E-state index contributed by atoms with van der Waals surface area (Å²) in [5.74, 6) is 0.924. The van der Waals surface area contributed by atoms with Crippen molar-refractivity contribution in [3.05, 3.63) is 255 Å². The number of benzene rings is 12. The Morgan fingerprint density at radius 3 is 0.734 bits per heavy atom. The molecule has 3 heteroatoms. The molecule has 0 aliphatic heterocycles. The zero-order valence-electron chi connectivity index (χ0n) is 35.1. The minimum atomic E-state index is 0.924. The summed E-state index contributed by atoms with van der Waals surface area (Å²) >= 11 is 0. The Bertz CT molecular complexity index is 3340. The van der Waals surface area contributed by atoms with Crippen molar-refractivity contribution in [2.75, 3.05) is 9.80 Å². The van der Waals surface area contributed by atoms with Crippen molar-refractivity contribution in [3.8, 4) is 0 Å². The number of nitrogens with zero attached hydrogens (tertiary/aromatic N) is 3. The van der Waals surface area contributed by atoms with Gasteiger partial charge in [-0.3, -0.25) is 0 Å². The SMILES string of the molecule is c1ccc2c(N(C(N(c3cccc4ccccc34)c3cccc4ccccc34)=[N+](c3cccc4ccccc34)c3cccc4ccccc34)c3cccc4ccccc34)cccc2c1. The third-order valence-electron chi connectivity index (χ3n) is 12.6. The number of hydrogen-bond acceptors (Lipinski definition) is 0. The van der Waals surface area contributed by atoms with Crippen LogP contribution in [-0.4, -0.2) is 5.96 Å². The number of guanidine groups is 1. The summed E-state index contributed by atoms with van der Waals surface area (Å²) in [5, 5.41) is 13.8. The third kappa shape index (κ3) is 6.25. The molecule has 0 radical (unpaired) electrons. The molecule has 3 nitrogen and oxygen atoms in total. The molecule has 0 amide bonds. The third-order valence-corrected chi connectivity index (χ3v) is 12.6. The molecule has 0 unspecified atom stereocenters. The van der Waals surface area contributed by atoms with Gasteiger partial charge in [0.2, 0.25) is 0 Å². The van der Waals surface area contributed by atoms with Crippen LogP contribution in [0.1, 0.15) is 0 Å². The molecule has 0 fully saturated rings. The highest BCUT2D eigenvalue weighted by molar-refractivity contribution is 6.27. The van der Waals surface area contributed by atoms with Gasteiger partial charge in [0.1, 0.15) is 34.1 Å². The minimum Gasteiger partial charge on any atom is -0.196 e. The van der Waals surface area contributed by atoms with E-state index in [1.165, 1.54) is 0 Å². The Hall–Kier alpha value is -8.53. The zero-order chi connectivity index (χ0) is 42.4. The van der Waals surface area contributed by atoms with E-state index in [2.05, 4.69) is 269 Å². The summed E-state index contributed by atoms with van der Waals surface area (Å²) < 4.78 is 2.54. The fourth-order valence-corrected chi connectivity index (χ4v) is 9.76. The van der Waals surface area contributed by atoms with Crippen LogP contribution in [0.5, 0.6) is 0 Å². The molecule has 0 N–H and O–H groups in total. The van der Waals surface area contributed by atoms with Gasteiger partial charge in [-0.25, -0.2) is 0 Å². The number of anilines is 4. The normalized spacial score (nSPS) is 11.4. The second-order valence-corrected chi connectivity index (χ2v) is 16.3. The molecule has 0 bridgehead atoms. The summed E-state index contributed by atoms with van der Waals surface area (Å²) in [7, 11) is 0. The topological polar surface area (TPSA) is 9.49 Å². The van der Waals surface area contributed by atoms with Gasteiger partial charge in [0.05, 0.1) is 0 Å². The molecule has 64 heavy (non-hydrogen) atoms. The largest absolute Gasteiger partial charge is 0.380 e. The van der Waals surface area contributed by atoms with Crippen LogP contribution in [-0.2, 0) is 0 Å². The predicted molar refractivity (Wildman–Crippen MR) is 274 cm³/mol. The lowest BCUT2D eigenvalue weighted by Gasteiger charge is -2.33. The lowest BCUT2D eigenvalue weighted by Crippen LogP contribution is -2.46. The lowest BCUT2D eigenvalue weighted by atomic mass is 10.0. The first-order valence-electron chi connectivity index (χ1n) is 21.9. The molecule has 0 aliphatic rings. The molecule has 0 aliphatic carbocycles. The van der Waals surface area contributed by atoms with Gasteiger partial charge in [-0.05, 0) is 68.7 Å². The van der Waals surface area contributed by atoms with Crippen LogP contribution in [0.3, 0.4) is 0 Å². The van der Waals surface area contributed by atoms with E-state index in [4.69, 9.17) is 0 Å². The van der Waals surface area contributed by atoms with Gasteiger partial charge < -0.3 is 0 Å². The van der Waals surface area contributed by atoms with E-state index in [9.17, 15) is 0 Å². The molecule has 12 rings (SSSR count). The maximum atomic E-state index is 2.54. The minimum absolute atomic E-state index is 0.924. The van der Waals surface area contributed by atoms with Gasteiger partial charge in [-0.1, -0.05) is 218 Å². The van der Waals surface area contributed by atoms with Crippen LogP contribution < -0.4 is 14.4 Å². The van der Waals surface area contributed by atoms with Crippen LogP contribution in [0.25, 0.3) is 64.6 Å². The van der Waals surface area contributed by atoms with Gasteiger partial charge in [0.15, 0.2) is 0 Å². The fourth-order valence-electron chi connectivity index (χ4n) is 9.76. The maximum Gasteiger partial charge on any atom is 0.380 e. The van der Waals surface area contributed by atoms with Crippen molar-refractivity contribution in [1.82, 2.24) is 4.58 Å². The summed E-state index contributed by atoms with van der Waals surface area (Å²) in [6.07, 6.45) is 0. The monoisotopic (exact) mass is 816 g/mol. The van der Waals surface area contributed by atoms with Gasteiger partial charge in [0.25, 0.3) is 0 Å². The zero-order valence-corrected chi connectivity index (χ0v) is 35.1. The molecule has 0 spiro atoms. The van der Waals surface area contributed by atoms with Crippen LogP contribution in [0.2, 0.25) is 0 Å². The van der Waals surface area contributed by atoms with Crippen LogP contribution in [0, 0.1) is 0 Å². The quantitative estimate of drug-likeness (QED) is 0.0939. The van der Waals surface area contributed by atoms with E-state index in [1.54, 1.807) is 0 Å². The second kappa shape index (κ2) is 15.7. The Morgan fingerprint density at radius 1 is 0.219 bits per heavy atom. The van der Waals surface area contributed by atoms with Crippen LogP contribution >= 0.6 is 0 Å². The number of hydrogen-bond donors (Lipinski definition) is 0. The Morgan fingerprint density at radius 2 is 0.438 bits per heavy atom. The van der Waals surface area contributed by atoms with Crippen molar-refractivity contribution in [3.63, 3.8) is 0 Å². The Kier molecular flexibility index (Phi) is 9.16. The van der Waals surface area contributed by atoms with E-state index in [0.29, 0.717) is 0 Å². The Balaban J connectivity index is 1.39. The highest BCUT2D eigenvalue weighted by atomic mass is 15.4. The first kappa shape index (κ1) is 37.2. The first-order valence-corrected chi connectivity index (χ1v) is 21.9. The van der Waals surface area contributed by atoms with Crippen molar-refractivity contribution < 1.29 is 0 Å². The van der Waals surface area contributed by atoms with E-state index in [1.807, 2.05) is 0 Å². The molecule has 0 atom stereocenters. The Labute approximate surface area is 372 Å². The van der Waals surface area contributed by atoms with Crippen molar-refractivity contribution in [2.45, 2.75) is 0 Å². The van der Waals surface area contributed by atoms with E-state index < -0.39 is 0 Å². The lowest BCUT2D eigenvalue weighted by molar-refractivity contribution is 1.04. The molecule has 300 valence electrons. The van der Waals surface area contributed by atoms with Gasteiger partial charge in [0, 0.05) is 32.3 Å². The molecule has 0 heterocycles. The van der Waals surface area contributed by atoms with Crippen LogP contribution in [0.15, 0.2) is 255 Å². The highest BCUT2D eigenvalue weighted by Crippen LogP contribution is 2.45. The van der Waals surface area contributed by atoms with E-state index >= 15 is 0 Å². The number of fused-ring (bicyclic) bond motifs is 6. The maximum absolute atomic E-state index is 2.54. The van der Waals surface area contributed by atoms with Crippen molar-refractivity contribution in [2.24, 2.45) is 0 Å². The van der Waals surface area contributed by atoms with Crippen molar-refractivity contribution >= 4 is 105 Å². The average Bonchev–Trinajstić information content (AvgIpc) is 3.37. The second-order valence-electron chi connectivity index (χ2n) is 16.3. The smallest absolute Gasteiger partial charge is 0.196 e. The average molecular weight is 817 g/mol. The van der Waals surface area contributed by atoms with Crippen LogP contribution in [0.4, 0.5) is 34.1 Å². The molecular formula is C61H42N3+. The summed E-state index contributed by atoms with van der Waals surface area (Å²) in [6.45, 7) is 0. The summed E-state index contributed by atoms with van der Waals surface area (Å²) in [6, 6.07) is 93.0. The predicted octanol–water partition coefficient (Wildman–Crippen LogP) is 16.5. The molecular weight excluding hydrogens is 775 g/mol. The van der Waals surface area contributed by atoms with Gasteiger partial charge in [-0.2, -0.15) is 14.4 Å². The van der Waals surface area contributed by atoms with Crippen molar-refractivity contribution in [1.29, 1.82) is 0 Å². The van der Waals surface area contributed by atoms with Gasteiger partial charge >= 0.3 is 5.96 Å².